The number of allylic oxidation sites excluding steroid dienone is 1. The molecule has 7 heteroatoms. The fraction of sp³-hybridized carbons (Fsp3) is 0.450. The van der Waals surface area contributed by atoms with Crippen molar-refractivity contribution in [1.29, 1.82) is 0 Å². The highest BCUT2D eigenvalue weighted by atomic mass is 35.5. The van der Waals surface area contributed by atoms with Gasteiger partial charge in [0.05, 0.1) is 13.1 Å². The second-order valence-corrected chi connectivity index (χ2v) is 7.97. The number of carbonyl (C=O) groups is 1. The SMILES string of the molecule is C=CCN(CC(F)CC1=CN(O)Cc2cc(Cl)ccc21)C(=O)OC(C)(C)C. The van der Waals surface area contributed by atoms with Crippen molar-refractivity contribution < 1.29 is 19.1 Å². The molecule has 1 heterocycles. The second kappa shape index (κ2) is 8.76. The molecule has 5 nitrogen and oxygen atoms in total. The molecule has 1 aliphatic heterocycles. The van der Waals surface area contributed by atoms with Gasteiger partial charge in [-0.3, -0.25) is 10.3 Å². The Kier molecular flexibility index (Phi) is 6.89. The van der Waals surface area contributed by atoms with E-state index in [0.29, 0.717) is 10.6 Å². The molecular formula is C20H26ClFN2O3. The number of amides is 1. The minimum Gasteiger partial charge on any atom is -0.444 e. The van der Waals surface area contributed by atoms with Crippen LogP contribution in [0.2, 0.25) is 5.02 Å². The lowest BCUT2D eigenvalue weighted by Crippen LogP contribution is -2.40. The molecule has 0 fully saturated rings. The summed E-state index contributed by atoms with van der Waals surface area (Å²) in [5.74, 6) is 0. The molecule has 0 spiro atoms. The van der Waals surface area contributed by atoms with E-state index in [-0.39, 0.29) is 26.1 Å². The van der Waals surface area contributed by atoms with Crippen LogP contribution in [-0.4, -0.2) is 46.1 Å². The predicted octanol–water partition coefficient (Wildman–Crippen LogP) is 5.04. The lowest BCUT2D eigenvalue weighted by Gasteiger charge is -2.29. The van der Waals surface area contributed by atoms with Crippen molar-refractivity contribution in [2.24, 2.45) is 0 Å². The summed E-state index contributed by atoms with van der Waals surface area (Å²) >= 11 is 6.01. The Balaban J connectivity index is 2.10. The third-order valence-electron chi connectivity index (χ3n) is 3.91. The average Bonchev–Trinajstić information content (AvgIpc) is 2.52. The first-order chi connectivity index (χ1) is 12.6. The summed E-state index contributed by atoms with van der Waals surface area (Å²) in [5, 5.41) is 11.5. The number of alkyl halides is 1. The zero-order chi connectivity index (χ0) is 20.2. The van der Waals surface area contributed by atoms with Gasteiger partial charge in [-0.05, 0) is 49.6 Å². The molecule has 1 unspecified atom stereocenters. The topological polar surface area (TPSA) is 53.0 Å². The van der Waals surface area contributed by atoms with Crippen molar-refractivity contribution in [2.45, 2.75) is 45.5 Å². The number of hydrogen-bond acceptors (Lipinski definition) is 4. The van der Waals surface area contributed by atoms with E-state index in [1.807, 2.05) is 6.07 Å². The van der Waals surface area contributed by atoms with E-state index < -0.39 is 17.9 Å². The lowest BCUT2D eigenvalue weighted by atomic mass is 9.94. The average molecular weight is 397 g/mol. The summed E-state index contributed by atoms with van der Waals surface area (Å²) in [4.78, 5) is 13.6. The van der Waals surface area contributed by atoms with Gasteiger partial charge in [-0.15, -0.1) is 6.58 Å². The fourth-order valence-corrected chi connectivity index (χ4v) is 3.08. The normalized spacial score (nSPS) is 14.9. The third-order valence-corrected chi connectivity index (χ3v) is 4.15. The molecule has 0 aromatic heterocycles. The van der Waals surface area contributed by atoms with Gasteiger partial charge in [0.25, 0.3) is 0 Å². The Morgan fingerprint density at radius 3 is 2.85 bits per heavy atom. The maximum absolute atomic E-state index is 14.8. The van der Waals surface area contributed by atoms with Gasteiger partial charge in [-0.25, -0.2) is 9.18 Å². The van der Waals surface area contributed by atoms with Crippen LogP contribution in [0.3, 0.4) is 0 Å². The quantitative estimate of drug-likeness (QED) is 0.684. The van der Waals surface area contributed by atoms with Crippen molar-refractivity contribution in [2.75, 3.05) is 13.1 Å². The molecule has 0 saturated heterocycles. The highest BCUT2D eigenvalue weighted by molar-refractivity contribution is 6.30. The maximum atomic E-state index is 14.8. The molecule has 0 saturated carbocycles. The summed E-state index contributed by atoms with van der Waals surface area (Å²) in [6, 6.07) is 5.31. The molecule has 0 radical (unpaired) electrons. The molecular weight excluding hydrogens is 371 g/mol. The first-order valence-corrected chi connectivity index (χ1v) is 9.14. The van der Waals surface area contributed by atoms with E-state index in [2.05, 4.69) is 6.58 Å². The molecule has 2 rings (SSSR count). The van der Waals surface area contributed by atoms with Crippen LogP contribution < -0.4 is 0 Å². The monoisotopic (exact) mass is 396 g/mol. The molecule has 0 aliphatic carbocycles. The zero-order valence-corrected chi connectivity index (χ0v) is 16.7. The standard InChI is InChI=1S/C20H26ClFN2O3/c1-5-8-23(19(25)27-20(2,3)4)13-17(22)10-15-12-24(26)11-14-9-16(21)6-7-18(14)15/h5-7,9,12,17,26H,1,8,10-11,13H2,2-4H3. The largest absolute Gasteiger partial charge is 0.444 e. The van der Waals surface area contributed by atoms with Crippen LogP contribution in [0.1, 0.15) is 38.3 Å². The van der Waals surface area contributed by atoms with Crippen molar-refractivity contribution >= 4 is 23.3 Å². The smallest absolute Gasteiger partial charge is 0.410 e. The van der Waals surface area contributed by atoms with Crippen LogP contribution in [0.5, 0.6) is 0 Å². The number of nitrogens with zero attached hydrogens (tertiary/aromatic N) is 2. The molecule has 1 atom stereocenters. The van der Waals surface area contributed by atoms with Crippen LogP contribution in [0.4, 0.5) is 9.18 Å². The summed E-state index contributed by atoms with van der Waals surface area (Å²) in [5.41, 5.74) is 1.65. The van der Waals surface area contributed by atoms with Crippen LogP contribution >= 0.6 is 11.6 Å². The Morgan fingerprint density at radius 2 is 2.22 bits per heavy atom. The molecule has 1 aliphatic rings. The first kappa shape index (κ1) is 21.3. The van der Waals surface area contributed by atoms with Gasteiger partial charge in [0.2, 0.25) is 0 Å². The first-order valence-electron chi connectivity index (χ1n) is 8.77. The van der Waals surface area contributed by atoms with Gasteiger partial charge in [0, 0.05) is 24.2 Å². The van der Waals surface area contributed by atoms with Crippen LogP contribution in [-0.2, 0) is 11.3 Å². The third kappa shape index (κ3) is 6.26. The van der Waals surface area contributed by atoms with Gasteiger partial charge in [0.15, 0.2) is 0 Å². The molecule has 1 aromatic rings. The number of carbonyl (C=O) groups excluding carboxylic acids is 1. The van der Waals surface area contributed by atoms with Crippen LogP contribution in [0, 0.1) is 0 Å². The highest BCUT2D eigenvalue weighted by Crippen LogP contribution is 2.32. The Hall–Kier alpha value is -2.05. The minimum atomic E-state index is -1.33. The number of hydrogen-bond donors (Lipinski definition) is 1. The van der Waals surface area contributed by atoms with Crippen LogP contribution in [0.15, 0.2) is 37.1 Å². The van der Waals surface area contributed by atoms with Crippen molar-refractivity contribution in [1.82, 2.24) is 9.96 Å². The highest BCUT2D eigenvalue weighted by Gasteiger charge is 2.26. The molecule has 0 bridgehead atoms. The predicted molar refractivity (Wildman–Crippen MR) is 104 cm³/mol. The number of hydroxylamine groups is 2. The van der Waals surface area contributed by atoms with Crippen molar-refractivity contribution in [3.05, 3.63) is 53.2 Å². The van der Waals surface area contributed by atoms with E-state index in [4.69, 9.17) is 16.3 Å². The van der Waals surface area contributed by atoms with E-state index in [1.54, 1.807) is 32.9 Å². The summed E-state index contributed by atoms with van der Waals surface area (Å²) < 4.78 is 20.1. The molecule has 148 valence electrons. The summed E-state index contributed by atoms with van der Waals surface area (Å²) in [6.07, 6.45) is 1.16. The Labute approximate surface area is 164 Å². The number of rotatable bonds is 6. The molecule has 1 amide bonds. The fourth-order valence-electron chi connectivity index (χ4n) is 2.89. The van der Waals surface area contributed by atoms with Crippen molar-refractivity contribution in [3.8, 4) is 0 Å². The van der Waals surface area contributed by atoms with Crippen LogP contribution in [0.25, 0.3) is 5.57 Å². The van der Waals surface area contributed by atoms with Gasteiger partial charge in [0.1, 0.15) is 11.8 Å². The lowest BCUT2D eigenvalue weighted by molar-refractivity contribution is -0.0503. The zero-order valence-electron chi connectivity index (χ0n) is 15.9. The Morgan fingerprint density at radius 1 is 1.52 bits per heavy atom. The van der Waals surface area contributed by atoms with Gasteiger partial charge in [-0.2, -0.15) is 0 Å². The summed E-state index contributed by atoms with van der Waals surface area (Å²) in [6.45, 7) is 9.23. The minimum absolute atomic E-state index is 0.0438. The van der Waals surface area contributed by atoms with E-state index >= 15 is 0 Å². The van der Waals surface area contributed by atoms with Crippen molar-refractivity contribution in [3.63, 3.8) is 0 Å². The molecule has 27 heavy (non-hydrogen) atoms. The Bertz CT molecular complexity index is 730. The summed E-state index contributed by atoms with van der Waals surface area (Å²) in [7, 11) is 0. The number of benzene rings is 1. The second-order valence-electron chi connectivity index (χ2n) is 7.53. The maximum Gasteiger partial charge on any atom is 0.410 e. The van der Waals surface area contributed by atoms with E-state index in [1.165, 1.54) is 17.2 Å². The van der Waals surface area contributed by atoms with Gasteiger partial charge in [-0.1, -0.05) is 23.7 Å². The number of halogens is 2. The van der Waals surface area contributed by atoms with E-state index in [0.717, 1.165) is 16.2 Å². The van der Waals surface area contributed by atoms with Gasteiger partial charge >= 0.3 is 6.09 Å². The number of fused-ring (bicyclic) bond motifs is 1. The molecule has 1 aromatic carbocycles. The molecule has 1 N–H and O–H groups in total. The number of ether oxygens (including phenoxy) is 1. The van der Waals surface area contributed by atoms with E-state index in [9.17, 15) is 14.4 Å². The van der Waals surface area contributed by atoms with Gasteiger partial charge < -0.3 is 9.64 Å².